The van der Waals surface area contributed by atoms with Crippen LogP contribution in [0.1, 0.15) is 29.8 Å². The Kier molecular flexibility index (Phi) is 3.78. The first-order chi connectivity index (χ1) is 12.1. The first-order valence-electron chi connectivity index (χ1n) is 8.32. The van der Waals surface area contributed by atoms with Crippen molar-refractivity contribution in [2.24, 2.45) is 5.41 Å². The van der Waals surface area contributed by atoms with Crippen molar-refractivity contribution in [3.63, 3.8) is 0 Å². The SMILES string of the molecule is O=C1CC2(CCN(C(=O)c3ncoc3-c3ccc(F)cc3)CC2)CN1. The summed E-state index contributed by atoms with van der Waals surface area (Å²) in [7, 11) is 0. The van der Waals surface area contributed by atoms with E-state index in [1.807, 2.05) is 0 Å². The van der Waals surface area contributed by atoms with E-state index in [0.717, 1.165) is 12.8 Å². The first kappa shape index (κ1) is 15.8. The maximum absolute atomic E-state index is 13.1. The van der Waals surface area contributed by atoms with Gasteiger partial charge >= 0.3 is 0 Å². The van der Waals surface area contributed by atoms with Gasteiger partial charge in [0, 0.05) is 31.6 Å². The van der Waals surface area contributed by atoms with Crippen LogP contribution in [0.25, 0.3) is 11.3 Å². The van der Waals surface area contributed by atoms with E-state index in [1.165, 1.54) is 18.5 Å². The largest absolute Gasteiger partial charge is 0.443 e. The summed E-state index contributed by atoms with van der Waals surface area (Å²) in [6.07, 6.45) is 3.36. The van der Waals surface area contributed by atoms with Crippen molar-refractivity contribution >= 4 is 11.8 Å². The summed E-state index contributed by atoms with van der Waals surface area (Å²) in [4.78, 5) is 30.2. The van der Waals surface area contributed by atoms with Crippen LogP contribution in [0.4, 0.5) is 4.39 Å². The fourth-order valence-corrected chi connectivity index (χ4v) is 3.64. The number of benzene rings is 1. The Morgan fingerprint density at radius 1 is 1.24 bits per heavy atom. The molecule has 1 aromatic carbocycles. The van der Waals surface area contributed by atoms with Gasteiger partial charge in [0.05, 0.1) is 0 Å². The van der Waals surface area contributed by atoms with Gasteiger partial charge in [0.2, 0.25) is 5.91 Å². The molecule has 6 nitrogen and oxygen atoms in total. The lowest BCUT2D eigenvalue weighted by Gasteiger charge is -2.37. The van der Waals surface area contributed by atoms with E-state index < -0.39 is 0 Å². The number of rotatable bonds is 2. The van der Waals surface area contributed by atoms with E-state index in [9.17, 15) is 14.0 Å². The van der Waals surface area contributed by atoms with Gasteiger partial charge in [0.15, 0.2) is 17.8 Å². The number of hydrogen-bond donors (Lipinski definition) is 1. The molecule has 3 heterocycles. The van der Waals surface area contributed by atoms with E-state index in [2.05, 4.69) is 10.3 Å². The highest BCUT2D eigenvalue weighted by Gasteiger charge is 2.42. The minimum absolute atomic E-state index is 0.0164. The number of halogens is 1. The Labute approximate surface area is 144 Å². The maximum Gasteiger partial charge on any atom is 0.276 e. The summed E-state index contributed by atoms with van der Waals surface area (Å²) < 4.78 is 18.5. The van der Waals surface area contributed by atoms with Crippen LogP contribution < -0.4 is 5.32 Å². The lowest BCUT2D eigenvalue weighted by Crippen LogP contribution is -2.44. The third-order valence-corrected chi connectivity index (χ3v) is 5.18. The third-order valence-electron chi connectivity index (χ3n) is 5.18. The van der Waals surface area contributed by atoms with E-state index in [4.69, 9.17) is 4.42 Å². The molecular formula is C18H18FN3O3. The molecule has 0 unspecified atom stereocenters. The van der Waals surface area contributed by atoms with Crippen molar-refractivity contribution in [2.45, 2.75) is 19.3 Å². The molecule has 2 aliphatic rings. The van der Waals surface area contributed by atoms with Crippen LogP contribution in [-0.4, -0.2) is 41.3 Å². The summed E-state index contributed by atoms with van der Waals surface area (Å²) in [5.41, 5.74) is 0.835. The lowest BCUT2D eigenvalue weighted by atomic mass is 9.77. The zero-order chi connectivity index (χ0) is 17.4. The number of carbonyl (C=O) groups excluding carboxylic acids is 2. The van der Waals surface area contributed by atoms with Crippen molar-refractivity contribution in [3.8, 4) is 11.3 Å². The minimum Gasteiger partial charge on any atom is -0.443 e. The number of aromatic nitrogens is 1. The normalized spacial score (nSPS) is 19.2. The summed E-state index contributed by atoms with van der Waals surface area (Å²) in [6.45, 7) is 1.87. The molecule has 0 radical (unpaired) electrons. The van der Waals surface area contributed by atoms with Crippen molar-refractivity contribution in [1.82, 2.24) is 15.2 Å². The first-order valence-corrected chi connectivity index (χ1v) is 8.32. The molecule has 7 heteroatoms. The highest BCUT2D eigenvalue weighted by molar-refractivity contribution is 5.97. The van der Waals surface area contributed by atoms with Gasteiger partial charge in [-0.05, 0) is 42.5 Å². The molecule has 4 rings (SSSR count). The Bertz CT molecular complexity index is 807. The van der Waals surface area contributed by atoms with Crippen LogP contribution in [0.2, 0.25) is 0 Å². The molecule has 1 spiro atoms. The predicted octanol–water partition coefficient (Wildman–Crippen LogP) is 2.22. The number of likely N-dealkylation sites (tertiary alicyclic amines) is 1. The quantitative estimate of drug-likeness (QED) is 0.907. The van der Waals surface area contributed by atoms with Crippen LogP contribution in [-0.2, 0) is 4.79 Å². The van der Waals surface area contributed by atoms with Gasteiger partial charge < -0.3 is 14.6 Å². The number of piperidine rings is 1. The van der Waals surface area contributed by atoms with Gasteiger partial charge in [-0.1, -0.05) is 0 Å². The zero-order valence-corrected chi connectivity index (χ0v) is 13.6. The van der Waals surface area contributed by atoms with Gasteiger partial charge in [-0.3, -0.25) is 9.59 Å². The molecule has 2 amide bonds. The zero-order valence-electron chi connectivity index (χ0n) is 13.6. The molecule has 0 bridgehead atoms. The van der Waals surface area contributed by atoms with Gasteiger partial charge in [-0.15, -0.1) is 0 Å². The molecule has 0 atom stereocenters. The van der Waals surface area contributed by atoms with Crippen LogP contribution in [0.3, 0.4) is 0 Å². The van der Waals surface area contributed by atoms with E-state index in [-0.39, 0.29) is 28.7 Å². The number of carbonyl (C=O) groups is 2. The summed E-state index contributed by atoms with van der Waals surface area (Å²) in [6, 6.07) is 5.77. The second-order valence-corrected chi connectivity index (χ2v) is 6.78. The Morgan fingerprint density at radius 2 is 1.96 bits per heavy atom. The number of nitrogens with one attached hydrogen (secondary N) is 1. The average molecular weight is 343 g/mol. The molecule has 0 aliphatic carbocycles. The fourth-order valence-electron chi connectivity index (χ4n) is 3.64. The molecular weight excluding hydrogens is 325 g/mol. The number of amides is 2. The van der Waals surface area contributed by atoms with E-state index >= 15 is 0 Å². The smallest absolute Gasteiger partial charge is 0.276 e. The van der Waals surface area contributed by atoms with E-state index in [1.54, 1.807) is 17.0 Å². The molecule has 2 aromatic rings. The standard InChI is InChI=1S/C18H18FN3O3/c19-13-3-1-12(2-4-13)16-15(21-11-25-16)17(24)22-7-5-18(6-8-22)9-14(23)20-10-18/h1-4,11H,5-10H2,(H,20,23). The van der Waals surface area contributed by atoms with Crippen LogP contribution in [0.15, 0.2) is 35.1 Å². The minimum atomic E-state index is -0.350. The van der Waals surface area contributed by atoms with Gasteiger partial charge in [0.25, 0.3) is 5.91 Å². The van der Waals surface area contributed by atoms with Crippen LogP contribution in [0, 0.1) is 11.2 Å². The molecule has 2 saturated heterocycles. The highest BCUT2D eigenvalue weighted by atomic mass is 19.1. The molecule has 1 N–H and O–H groups in total. The predicted molar refractivity (Wildman–Crippen MR) is 87.1 cm³/mol. The Hall–Kier alpha value is -2.70. The molecule has 2 aliphatic heterocycles. The summed E-state index contributed by atoms with van der Waals surface area (Å²) in [5.74, 6) is -0.102. The molecule has 1 aromatic heterocycles. The summed E-state index contributed by atoms with van der Waals surface area (Å²) >= 11 is 0. The average Bonchev–Trinajstić information content (AvgIpc) is 3.23. The summed E-state index contributed by atoms with van der Waals surface area (Å²) in [5, 5.41) is 2.89. The lowest BCUT2D eigenvalue weighted by molar-refractivity contribution is -0.119. The van der Waals surface area contributed by atoms with Crippen molar-refractivity contribution in [2.75, 3.05) is 19.6 Å². The second-order valence-electron chi connectivity index (χ2n) is 6.78. The van der Waals surface area contributed by atoms with Crippen molar-refractivity contribution in [3.05, 3.63) is 42.2 Å². The van der Waals surface area contributed by atoms with Gasteiger partial charge in [-0.25, -0.2) is 9.37 Å². The number of hydrogen-bond acceptors (Lipinski definition) is 4. The number of nitrogens with zero attached hydrogens (tertiary/aromatic N) is 2. The van der Waals surface area contributed by atoms with Gasteiger partial charge in [-0.2, -0.15) is 0 Å². The Morgan fingerprint density at radius 3 is 2.60 bits per heavy atom. The Balaban J connectivity index is 1.50. The molecule has 2 fully saturated rings. The topological polar surface area (TPSA) is 75.4 Å². The third kappa shape index (κ3) is 2.90. The van der Waals surface area contributed by atoms with Crippen molar-refractivity contribution < 1.29 is 18.4 Å². The second kappa shape index (κ2) is 5.98. The van der Waals surface area contributed by atoms with E-state index in [0.29, 0.717) is 37.4 Å². The molecule has 130 valence electrons. The molecule has 0 saturated carbocycles. The fraction of sp³-hybridized carbons (Fsp3) is 0.389. The van der Waals surface area contributed by atoms with Crippen LogP contribution >= 0.6 is 0 Å². The monoisotopic (exact) mass is 343 g/mol. The maximum atomic E-state index is 13.1. The van der Waals surface area contributed by atoms with Gasteiger partial charge in [0.1, 0.15) is 5.82 Å². The molecule has 25 heavy (non-hydrogen) atoms. The number of oxazole rings is 1. The highest BCUT2D eigenvalue weighted by Crippen LogP contribution is 2.38. The van der Waals surface area contributed by atoms with Crippen LogP contribution in [0.5, 0.6) is 0 Å². The van der Waals surface area contributed by atoms with Crippen molar-refractivity contribution in [1.29, 1.82) is 0 Å².